The van der Waals surface area contributed by atoms with Gasteiger partial charge in [0.25, 0.3) is 0 Å². The van der Waals surface area contributed by atoms with E-state index in [0.29, 0.717) is 17.9 Å². The topological polar surface area (TPSA) is 26.3 Å². The van der Waals surface area contributed by atoms with Gasteiger partial charge in [-0.3, -0.25) is 4.79 Å². The zero-order chi connectivity index (χ0) is 17.3. The van der Waals surface area contributed by atoms with Gasteiger partial charge >= 0.3 is 5.97 Å². The lowest BCUT2D eigenvalue weighted by Crippen LogP contribution is -2.40. The van der Waals surface area contributed by atoms with Crippen LogP contribution in [-0.2, 0) is 9.53 Å². The predicted molar refractivity (Wildman–Crippen MR) is 88.6 cm³/mol. The van der Waals surface area contributed by atoms with Crippen LogP contribution in [0, 0.1) is 23.5 Å². The van der Waals surface area contributed by atoms with Crippen molar-refractivity contribution in [3.05, 3.63) is 35.4 Å². The average molecular weight is 336 g/mol. The number of esters is 1. The second-order valence-electron chi connectivity index (χ2n) is 7.68. The van der Waals surface area contributed by atoms with Crippen molar-refractivity contribution in [3.8, 4) is 0 Å². The van der Waals surface area contributed by atoms with Crippen LogP contribution < -0.4 is 0 Å². The Bertz CT molecular complexity index is 612. The third-order valence-electron chi connectivity index (χ3n) is 5.54. The van der Waals surface area contributed by atoms with Crippen molar-refractivity contribution in [1.29, 1.82) is 0 Å². The first-order valence-corrected chi connectivity index (χ1v) is 9.12. The summed E-state index contributed by atoms with van der Waals surface area (Å²) in [4.78, 5) is 12.6. The fourth-order valence-electron chi connectivity index (χ4n) is 4.29. The molecule has 4 atom stereocenters. The first kappa shape index (κ1) is 17.4. The molecule has 3 rings (SSSR count). The number of hydrogen-bond acceptors (Lipinski definition) is 2. The lowest BCUT2D eigenvalue weighted by Gasteiger charge is -2.39. The van der Waals surface area contributed by atoms with Crippen LogP contribution in [0.1, 0.15) is 70.3 Å². The van der Waals surface area contributed by atoms with Crippen LogP contribution in [-0.4, -0.2) is 11.6 Å². The van der Waals surface area contributed by atoms with Crippen molar-refractivity contribution in [3.63, 3.8) is 0 Å². The fraction of sp³-hybridized carbons (Fsp3) is 0.650. The summed E-state index contributed by atoms with van der Waals surface area (Å²) in [5.74, 6) is -1.52. The van der Waals surface area contributed by atoms with Gasteiger partial charge in [0.2, 0.25) is 0 Å². The van der Waals surface area contributed by atoms with Crippen LogP contribution in [0.25, 0.3) is 0 Å². The van der Waals surface area contributed by atoms with Gasteiger partial charge < -0.3 is 4.74 Å². The molecule has 1 aromatic rings. The van der Waals surface area contributed by atoms with Crippen molar-refractivity contribution in [2.75, 3.05) is 0 Å². The fourth-order valence-corrected chi connectivity index (χ4v) is 4.29. The van der Waals surface area contributed by atoms with Gasteiger partial charge in [-0.15, -0.1) is 0 Å². The second kappa shape index (κ2) is 6.81. The molecule has 2 aliphatic carbocycles. The Balaban J connectivity index is 1.65. The first-order chi connectivity index (χ1) is 11.4. The molecule has 24 heavy (non-hydrogen) atoms. The van der Waals surface area contributed by atoms with E-state index in [1.807, 2.05) is 0 Å². The van der Waals surface area contributed by atoms with E-state index in [4.69, 9.17) is 4.74 Å². The molecule has 4 heteroatoms. The van der Waals surface area contributed by atoms with Crippen molar-refractivity contribution >= 4 is 5.97 Å². The molecule has 0 spiro atoms. The van der Waals surface area contributed by atoms with E-state index >= 15 is 0 Å². The van der Waals surface area contributed by atoms with E-state index in [9.17, 15) is 13.6 Å². The number of benzene rings is 1. The van der Waals surface area contributed by atoms with E-state index in [2.05, 4.69) is 13.8 Å². The van der Waals surface area contributed by atoms with Crippen LogP contribution in [0.4, 0.5) is 8.78 Å². The van der Waals surface area contributed by atoms with Crippen LogP contribution >= 0.6 is 0 Å². The summed E-state index contributed by atoms with van der Waals surface area (Å²) in [6.07, 6.45) is 6.76. The predicted octanol–water partition coefficient (Wildman–Crippen LogP) is 5.36. The van der Waals surface area contributed by atoms with Crippen molar-refractivity contribution in [2.24, 2.45) is 11.8 Å². The minimum atomic E-state index is -0.852. The Hall–Kier alpha value is -1.45. The third kappa shape index (κ3) is 3.62. The Morgan fingerprint density at radius 3 is 2.79 bits per heavy atom. The highest BCUT2D eigenvalue weighted by Gasteiger charge is 2.48. The standard InChI is InChI=1S/C20H26F2O2/c1-3-8-20(9-4-5-13(2)12-20)24-19(23)16-11-15(16)14-6-7-17(21)18(22)10-14/h6-7,10,13,15-16H,3-5,8-9,11-12H2,1-2H3/t13?,15-,16+,20+/m0/s1. The zero-order valence-electron chi connectivity index (χ0n) is 14.5. The first-order valence-electron chi connectivity index (χ1n) is 9.12. The molecule has 132 valence electrons. The molecule has 2 saturated carbocycles. The van der Waals surface area contributed by atoms with E-state index in [1.165, 1.54) is 12.5 Å². The quantitative estimate of drug-likeness (QED) is 0.677. The summed E-state index contributed by atoms with van der Waals surface area (Å²) < 4.78 is 32.4. The minimum Gasteiger partial charge on any atom is -0.459 e. The smallest absolute Gasteiger partial charge is 0.310 e. The highest BCUT2D eigenvalue weighted by molar-refractivity contribution is 5.77. The molecule has 0 saturated heterocycles. The maximum Gasteiger partial charge on any atom is 0.310 e. The van der Waals surface area contributed by atoms with Gasteiger partial charge in [0.1, 0.15) is 5.60 Å². The summed E-state index contributed by atoms with van der Waals surface area (Å²) in [6, 6.07) is 3.91. The number of halogens is 2. The molecule has 0 bridgehead atoms. The highest BCUT2D eigenvalue weighted by Crippen LogP contribution is 2.50. The molecule has 2 fully saturated rings. The maximum absolute atomic E-state index is 13.4. The molecule has 0 amide bonds. The largest absolute Gasteiger partial charge is 0.459 e. The third-order valence-corrected chi connectivity index (χ3v) is 5.54. The normalized spacial score (nSPS) is 32.4. The Morgan fingerprint density at radius 1 is 1.33 bits per heavy atom. The maximum atomic E-state index is 13.4. The SMILES string of the molecule is CCC[C@@]1(OC(=O)[C@@H]2C[C@H]2c2ccc(F)c(F)c2)CCCC(C)C1. The number of carbonyl (C=O) groups excluding carboxylic acids is 1. The molecule has 0 heterocycles. The summed E-state index contributed by atoms with van der Waals surface area (Å²) >= 11 is 0. The van der Waals surface area contributed by atoms with Gasteiger partial charge in [0, 0.05) is 0 Å². The molecule has 0 aromatic heterocycles. The van der Waals surface area contributed by atoms with E-state index < -0.39 is 11.6 Å². The molecule has 2 nitrogen and oxygen atoms in total. The van der Waals surface area contributed by atoms with Crippen molar-refractivity contribution < 1.29 is 18.3 Å². The summed E-state index contributed by atoms with van der Waals surface area (Å²) in [5, 5.41) is 0. The van der Waals surface area contributed by atoms with Gasteiger partial charge in [-0.1, -0.05) is 32.8 Å². The lowest BCUT2D eigenvalue weighted by molar-refractivity contribution is -0.168. The van der Waals surface area contributed by atoms with Crippen molar-refractivity contribution in [2.45, 2.75) is 70.3 Å². The van der Waals surface area contributed by atoms with E-state index in [-0.39, 0.29) is 23.4 Å². The van der Waals surface area contributed by atoms with Crippen LogP contribution in [0.5, 0.6) is 0 Å². The van der Waals surface area contributed by atoms with Gasteiger partial charge in [-0.25, -0.2) is 8.78 Å². The number of hydrogen-bond donors (Lipinski definition) is 0. The zero-order valence-corrected chi connectivity index (χ0v) is 14.5. The van der Waals surface area contributed by atoms with Gasteiger partial charge in [0.05, 0.1) is 5.92 Å². The summed E-state index contributed by atoms with van der Waals surface area (Å²) in [7, 11) is 0. The van der Waals surface area contributed by atoms with Gasteiger partial charge in [-0.05, 0) is 61.6 Å². The van der Waals surface area contributed by atoms with Crippen LogP contribution in [0.15, 0.2) is 18.2 Å². The minimum absolute atomic E-state index is 0.0349. The highest BCUT2D eigenvalue weighted by atomic mass is 19.2. The van der Waals surface area contributed by atoms with Crippen molar-refractivity contribution in [1.82, 2.24) is 0 Å². The summed E-state index contributed by atoms with van der Waals surface area (Å²) in [6.45, 7) is 4.34. The monoisotopic (exact) mass is 336 g/mol. The number of rotatable bonds is 5. The molecule has 0 radical (unpaired) electrons. The van der Waals surface area contributed by atoms with Gasteiger partial charge in [-0.2, -0.15) is 0 Å². The number of ether oxygens (including phenoxy) is 1. The molecule has 1 aromatic carbocycles. The molecule has 2 aliphatic rings. The molecule has 0 aliphatic heterocycles. The molecular weight excluding hydrogens is 310 g/mol. The molecular formula is C20H26F2O2. The van der Waals surface area contributed by atoms with E-state index in [1.54, 1.807) is 6.07 Å². The Labute approximate surface area is 142 Å². The van der Waals surface area contributed by atoms with E-state index in [0.717, 1.165) is 38.2 Å². The van der Waals surface area contributed by atoms with Crippen LogP contribution in [0.3, 0.4) is 0 Å². The number of carbonyl (C=O) groups is 1. The summed E-state index contributed by atoms with van der Waals surface area (Å²) in [5.41, 5.74) is 0.377. The Morgan fingerprint density at radius 2 is 2.12 bits per heavy atom. The second-order valence-corrected chi connectivity index (χ2v) is 7.68. The van der Waals surface area contributed by atoms with Gasteiger partial charge in [0.15, 0.2) is 11.6 Å². The lowest BCUT2D eigenvalue weighted by atomic mass is 9.76. The molecule has 0 N–H and O–H groups in total. The average Bonchev–Trinajstić information content (AvgIpc) is 3.31. The van der Waals surface area contributed by atoms with Crippen LogP contribution in [0.2, 0.25) is 0 Å². The Kier molecular flexibility index (Phi) is 4.93. The molecule has 1 unspecified atom stereocenters.